The van der Waals surface area contributed by atoms with E-state index in [1.807, 2.05) is 25.5 Å². The van der Waals surface area contributed by atoms with Crippen LogP contribution >= 0.6 is 0 Å². The Morgan fingerprint density at radius 1 is 1.40 bits per heavy atom. The van der Waals surface area contributed by atoms with Crippen LogP contribution < -0.4 is 5.59 Å². The lowest BCUT2D eigenvalue weighted by Crippen LogP contribution is -2.44. The van der Waals surface area contributed by atoms with E-state index in [1.165, 1.54) is 7.11 Å². The third kappa shape index (κ3) is 2.27. The van der Waals surface area contributed by atoms with Crippen molar-refractivity contribution in [2.24, 2.45) is 7.05 Å². The lowest BCUT2D eigenvalue weighted by Gasteiger charge is -2.35. The summed E-state index contributed by atoms with van der Waals surface area (Å²) in [7, 11) is 2.76. The predicted octanol–water partition coefficient (Wildman–Crippen LogP) is 1.50. The van der Waals surface area contributed by atoms with Crippen LogP contribution in [0.2, 0.25) is 0 Å². The minimum absolute atomic E-state index is 0.354. The van der Waals surface area contributed by atoms with Gasteiger partial charge in [0.15, 0.2) is 0 Å². The molecule has 0 bridgehead atoms. The molecule has 0 N–H and O–H groups in total. The van der Waals surface area contributed by atoms with Gasteiger partial charge in [0.2, 0.25) is 0 Å². The van der Waals surface area contributed by atoms with Gasteiger partial charge in [-0.1, -0.05) is 6.92 Å². The summed E-state index contributed by atoms with van der Waals surface area (Å²) >= 11 is 0. The average molecular weight is 279 g/mol. The Morgan fingerprint density at radius 3 is 2.55 bits per heavy atom. The molecule has 0 amide bonds. The van der Waals surface area contributed by atoms with Crippen LogP contribution in [-0.4, -0.2) is 36.0 Å². The SMILES string of the molecule is CCC1(C)OB(c2cc(C(=O)OC)cn2C)OC1(C)C. The van der Waals surface area contributed by atoms with Gasteiger partial charge in [-0.15, -0.1) is 0 Å². The molecule has 1 aliphatic heterocycles. The number of nitrogens with zero attached hydrogens (tertiary/aromatic N) is 1. The molecule has 0 radical (unpaired) electrons. The van der Waals surface area contributed by atoms with E-state index in [4.69, 9.17) is 14.0 Å². The maximum atomic E-state index is 11.6. The van der Waals surface area contributed by atoms with Gasteiger partial charge in [-0.2, -0.15) is 0 Å². The molecule has 1 saturated heterocycles. The van der Waals surface area contributed by atoms with Crippen molar-refractivity contribution in [1.82, 2.24) is 4.57 Å². The quantitative estimate of drug-likeness (QED) is 0.621. The molecule has 1 aromatic heterocycles. The summed E-state index contributed by atoms with van der Waals surface area (Å²) in [6.07, 6.45) is 2.58. The molecule has 0 aromatic carbocycles. The number of hydrogen-bond donors (Lipinski definition) is 0. The van der Waals surface area contributed by atoms with E-state index in [-0.39, 0.29) is 17.2 Å². The number of carbonyl (C=O) groups is 1. The van der Waals surface area contributed by atoms with E-state index >= 15 is 0 Å². The molecule has 0 aliphatic carbocycles. The number of ether oxygens (including phenoxy) is 1. The molecule has 110 valence electrons. The smallest absolute Gasteiger partial charge is 0.465 e. The number of carbonyl (C=O) groups excluding carboxylic acids is 1. The summed E-state index contributed by atoms with van der Waals surface area (Å²) in [5.74, 6) is -0.359. The zero-order valence-electron chi connectivity index (χ0n) is 13.0. The van der Waals surface area contributed by atoms with Gasteiger partial charge in [0.25, 0.3) is 0 Å². The highest BCUT2D eigenvalue weighted by Crippen LogP contribution is 2.39. The zero-order valence-corrected chi connectivity index (χ0v) is 13.0. The van der Waals surface area contributed by atoms with Crippen LogP contribution in [0.4, 0.5) is 0 Å². The van der Waals surface area contributed by atoms with Gasteiger partial charge >= 0.3 is 13.1 Å². The highest BCUT2D eigenvalue weighted by Gasteiger charge is 2.54. The molecule has 2 heterocycles. The number of esters is 1. The third-order valence-corrected chi connectivity index (χ3v) is 4.42. The van der Waals surface area contributed by atoms with Crippen LogP contribution in [0.3, 0.4) is 0 Å². The highest BCUT2D eigenvalue weighted by atomic mass is 16.7. The molecular weight excluding hydrogens is 257 g/mol. The third-order valence-electron chi connectivity index (χ3n) is 4.42. The van der Waals surface area contributed by atoms with Gasteiger partial charge in [0.05, 0.1) is 23.9 Å². The second-order valence-corrected chi connectivity index (χ2v) is 5.92. The van der Waals surface area contributed by atoms with Gasteiger partial charge in [0.1, 0.15) is 0 Å². The van der Waals surface area contributed by atoms with Crippen molar-refractivity contribution in [3.05, 3.63) is 17.8 Å². The maximum Gasteiger partial charge on any atom is 0.512 e. The predicted molar refractivity (Wildman–Crippen MR) is 77.1 cm³/mol. The van der Waals surface area contributed by atoms with Crippen LogP contribution in [0.5, 0.6) is 0 Å². The fourth-order valence-electron chi connectivity index (χ4n) is 2.47. The van der Waals surface area contributed by atoms with Gasteiger partial charge in [-0.05, 0) is 33.3 Å². The van der Waals surface area contributed by atoms with Crippen LogP contribution in [0, 0.1) is 0 Å². The van der Waals surface area contributed by atoms with Crippen LogP contribution in [0.1, 0.15) is 44.5 Å². The number of hydrogen-bond acceptors (Lipinski definition) is 4. The summed E-state index contributed by atoms with van der Waals surface area (Å²) in [6.45, 7) is 8.19. The monoisotopic (exact) mass is 279 g/mol. The van der Waals surface area contributed by atoms with Gasteiger partial charge in [0, 0.05) is 18.8 Å². The van der Waals surface area contributed by atoms with E-state index in [9.17, 15) is 4.79 Å². The Labute approximate surface area is 120 Å². The van der Waals surface area contributed by atoms with E-state index in [2.05, 4.69) is 13.8 Å². The van der Waals surface area contributed by atoms with Crippen molar-refractivity contribution >= 4 is 18.7 Å². The molecule has 1 atom stereocenters. The summed E-state index contributed by atoms with van der Waals surface area (Å²) in [6, 6.07) is 1.76. The first kappa shape index (κ1) is 15.1. The van der Waals surface area contributed by atoms with E-state index < -0.39 is 7.12 Å². The Kier molecular flexibility index (Phi) is 3.73. The minimum Gasteiger partial charge on any atom is -0.465 e. The van der Waals surface area contributed by atoms with Crippen molar-refractivity contribution < 1.29 is 18.8 Å². The van der Waals surface area contributed by atoms with Gasteiger partial charge in [-0.3, -0.25) is 0 Å². The fourth-order valence-corrected chi connectivity index (χ4v) is 2.47. The molecule has 5 nitrogen and oxygen atoms in total. The largest absolute Gasteiger partial charge is 0.512 e. The molecule has 0 spiro atoms. The average Bonchev–Trinajstić information content (AvgIpc) is 2.88. The Morgan fingerprint density at radius 2 is 2.05 bits per heavy atom. The van der Waals surface area contributed by atoms with Crippen molar-refractivity contribution in [3.8, 4) is 0 Å². The Balaban J connectivity index is 2.31. The second kappa shape index (κ2) is 4.93. The topological polar surface area (TPSA) is 49.7 Å². The summed E-state index contributed by atoms with van der Waals surface area (Å²) in [4.78, 5) is 11.6. The highest BCUT2D eigenvalue weighted by molar-refractivity contribution is 6.61. The molecule has 0 saturated carbocycles. The standard InChI is InChI=1S/C14H22BNO4/c1-7-14(4)13(2,3)19-15(20-14)11-8-10(9-16(11)5)12(17)18-6/h8-9H,7H2,1-6H3. The van der Waals surface area contributed by atoms with Crippen LogP contribution in [0.15, 0.2) is 12.3 Å². The zero-order chi connectivity index (χ0) is 15.1. The van der Waals surface area contributed by atoms with Crippen molar-refractivity contribution in [1.29, 1.82) is 0 Å². The molecule has 1 aromatic rings. The number of aromatic nitrogens is 1. The van der Waals surface area contributed by atoms with Gasteiger partial charge in [-0.25, -0.2) is 4.79 Å². The minimum atomic E-state index is -0.474. The molecule has 1 unspecified atom stereocenters. The first-order valence-corrected chi connectivity index (χ1v) is 6.84. The Bertz CT molecular complexity index is 525. The van der Waals surface area contributed by atoms with Crippen LogP contribution in [0.25, 0.3) is 0 Å². The van der Waals surface area contributed by atoms with E-state index in [1.54, 1.807) is 12.3 Å². The number of aryl methyl sites for hydroxylation is 1. The molecule has 1 aliphatic rings. The second-order valence-electron chi connectivity index (χ2n) is 5.92. The lowest BCUT2D eigenvalue weighted by molar-refractivity contribution is -0.0118. The van der Waals surface area contributed by atoms with E-state index in [0.717, 1.165) is 12.0 Å². The molecule has 6 heteroatoms. The molecular formula is C14H22BNO4. The van der Waals surface area contributed by atoms with Crippen LogP contribution in [-0.2, 0) is 21.1 Å². The normalized spacial score (nSPS) is 25.0. The molecule has 20 heavy (non-hydrogen) atoms. The summed E-state index contributed by atoms with van der Waals surface area (Å²) in [5, 5.41) is 0. The van der Waals surface area contributed by atoms with Gasteiger partial charge < -0.3 is 18.6 Å². The van der Waals surface area contributed by atoms with Crippen molar-refractivity contribution in [2.75, 3.05) is 7.11 Å². The van der Waals surface area contributed by atoms with Crippen molar-refractivity contribution in [2.45, 2.75) is 45.3 Å². The summed E-state index contributed by atoms with van der Waals surface area (Å²) < 4.78 is 18.7. The Hall–Kier alpha value is -1.27. The number of methoxy groups -OCH3 is 1. The molecule has 2 rings (SSSR count). The first-order chi connectivity index (χ1) is 9.24. The molecule has 1 fully saturated rings. The summed E-state index contributed by atoms with van der Waals surface area (Å²) in [5.41, 5.74) is 0.575. The lowest BCUT2D eigenvalue weighted by atomic mass is 9.84. The van der Waals surface area contributed by atoms with Crippen molar-refractivity contribution in [3.63, 3.8) is 0 Å². The fraction of sp³-hybridized carbons (Fsp3) is 0.643. The van der Waals surface area contributed by atoms with E-state index in [0.29, 0.717) is 5.56 Å². The number of rotatable bonds is 3. The first-order valence-electron chi connectivity index (χ1n) is 6.84. The maximum absolute atomic E-state index is 11.6.